The van der Waals surface area contributed by atoms with Crippen LogP contribution in [0, 0.1) is 11.7 Å². The van der Waals surface area contributed by atoms with Crippen LogP contribution in [0.15, 0.2) is 16.6 Å². The molecular formula is C14H19BrFNO. The van der Waals surface area contributed by atoms with Gasteiger partial charge in [-0.2, -0.15) is 0 Å². The van der Waals surface area contributed by atoms with Crippen molar-refractivity contribution in [3.8, 4) is 5.75 Å². The van der Waals surface area contributed by atoms with Crippen LogP contribution in [0.2, 0.25) is 0 Å². The second-order valence-corrected chi connectivity index (χ2v) is 6.65. The average molecular weight is 316 g/mol. The second kappa shape index (κ2) is 5.17. The van der Waals surface area contributed by atoms with Crippen molar-refractivity contribution in [2.24, 2.45) is 11.7 Å². The molecule has 0 aromatic heterocycles. The molecule has 0 spiro atoms. The Morgan fingerprint density at radius 3 is 2.67 bits per heavy atom. The van der Waals surface area contributed by atoms with E-state index >= 15 is 0 Å². The van der Waals surface area contributed by atoms with E-state index in [4.69, 9.17) is 10.5 Å². The molecule has 0 aliphatic heterocycles. The quantitative estimate of drug-likeness (QED) is 0.900. The van der Waals surface area contributed by atoms with E-state index in [0.29, 0.717) is 23.4 Å². The maximum Gasteiger partial charge on any atom is 0.136 e. The molecule has 0 atom stereocenters. The Kier molecular flexibility index (Phi) is 3.97. The maximum atomic E-state index is 13.5. The van der Waals surface area contributed by atoms with Gasteiger partial charge in [-0.15, -0.1) is 0 Å². The molecule has 0 bridgehead atoms. The standard InChI is InChI=1S/C14H19BrFNO/c1-14(2,17)7-10-5-11(16)6-12(15)13(10)18-8-9-3-4-9/h5-6,9H,3-4,7-8,17H2,1-2H3. The number of ether oxygens (including phenoxy) is 1. The van der Waals surface area contributed by atoms with E-state index in [1.54, 1.807) is 0 Å². The minimum absolute atomic E-state index is 0.264. The van der Waals surface area contributed by atoms with Crippen molar-refractivity contribution in [2.75, 3.05) is 6.61 Å². The zero-order valence-electron chi connectivity index (χ0n) is 10.8. The molecule has 1 saturated carbocycles. The van der Waals surface area contributed by atoms with E-state index in [-0.39, 0.29) is 11.4 Å². The van der Waals surface area contributed by atoms with Crippen LogP contribution in [0.25, 0.3) is 0 Å². The predicted octanol–water partition coefficient (Wildman–Crippen LogP) is 3.66. The Hall–Kier alpha value is -0.610. The lowest BCUT2D eigenvalue weighted by Gasteiger charge is -2.21. The van der Waals surface area contributed by atoms with Gasteiger partial charge in [0.25, 0.3) is 0 Å². The number of halogens is 2. The van der Waals surface area contributed by atoms with E-state index in [9.17, 15) is 4.39 Å². The summed E-state index contributed by atoms with van der Waals surface area (Å²) in [7, 11) is 0. The summed E-state index contributed by atoms with van der Waals surface area (Å²) in [6.45, 7) is 4.56. The van der Waals surface area contributed by atoms with Gasteiger partial charge in [-0.3, -0.25) is 0 Å². The Morgan fingerprint density at radius 1 is 1.44 bits per heavy atom. The Morgan fingerprint density at radius 2 is 2.11 bits per heavy atom. The van der Waals surface area contributed by atoms with Gasteiger partial charge in [0.1, 0.15) is 11.6 Å². The predicted molar refractivity (Wildman–Crippen MR) is 74.3 cm³/mol. The molecule has 2 nitrogen and oxygen atoms in total. The van der Waals surface area contributed by atoms with Crippen LogP contribution in [0.5, 0.6) is 5.75 Å². The largest absolute Gasteiger partial charge is 0.492 e. The Bertz CT molecular complexity index is 438. The van der Waals surface area contributed by atoms with Gasteiger partial charge in [-0.1, -0.05) is 0 Å². The van der Waals surface area contributed by atoms with Crippen LogP contribution in [0.1, 0.15) is 32.3 Å². The van der Waals surface area contributed by atoms with Crippen molar-refractivity contribution in [1.29, 1.82) is 0 Å². The third-order valence-corrected chi connectivity index (χ3v) is 3.48. The molecule has 1 aliphatic carbocycles. The molecule has 0 heterocycles. The highest BCUT2D eigenvalue weighted by Gasteiger charge is 2.24. The topological polar surface area (TPSA) is 35.2 Å². The van der Waals surface area contributed by atoms with E-state index in [2.05, 4.69) is 15.9 Å². The van der Waals surface area contributed by atoms with Crippen molar-refractivity contribution in [1.82, 2.24) is 0 Å². The number of hydrogen-bond donors (Lipinski definition) is 1. The molecule has 2 N–H and O–H groups in total. The summed E-state index contributed by atoms with van der Waals surface area (Å²) in [5.74, 6) is 1.14. The van der Waals surface area contributed by atoms with E-state index in [1.165, 1.54) is 25.0 Å². The lowest BCUT2D eigenvalue weighted by molar-refractivity contribution is 0.292. The van der Waals surface area contributed by atoms with Crippen LogP contribution < -0.4 is 10.5 Å². The van der Waals surface area contributed by atoms with Crippen molar-refractivity contribution in [3.63, 3.8) is 0 Å². The van der Waals surface area contributed by atoms with E-state index < -0.39 is 0 Å². The first-order chi connectivity index (χ1) is 8.35. The number of hydrogen-bond acceptors (Lipinski definition) is 2. The van der Waals surface area contributed by atoms with Gasteiger partial charge in [0.2, 0.25) is 0 Å². The second-order valence-electron chi connectivity index (χ2n) is 5.80. The Labute approximate surface area is 116 Å². The first-order valence-corrected chi connectivity index (χ1v) is 7.04. The SMILES string of the molecule is CC(C)(N)Cc1cc(F)cc(Br)c1OCC1CC1. The molecule has 0 unspecified atom stereocenters. The number of rotatable bonds is 5. The van der Waals surface area contributed by atoms with E-state index in [1.807, 2.05) is 13.8 Å². The minimum Gasteiger partial charge on any atom is -0.492 e. The van der Waals surface area contributed by atoms with Gasteiger partial charge in [0, 0.05) is 5.54 Å². The highest BCUT2D eigenvalue weighted by atomic mass is 79.9. The summed E-state index contributed by atoms with van der Waals surface area (Å²) >= 11 is 3.37. The third kappa shape index (κ3) is 3.95. The molecule has 1 aromatic carbocycles. The zero-order chi connectivity index (χ0) is 13.3. The molecule has 1 aromatic rings. The fraction of sp³-hybridized carbons (Fsp3) is 0.571. The van der Waals surface area contributed by atoms with Crippen LogP contribution in [0.4, 0.5) is 4.39 Å². The molecular weight excluding hydrogens is 297 g/mol. The normalized spacial score (nSPS) is 15.8. The van der Waals surface area contributed by atoms with Crippen molar-refractivity contribution >= 4 is 15.9 Å². The highest BCUT2D eigenvalue weighted by Crippen LogP contribution is 2.35. The van der Waals surface area contributed by atoms with Gasteiger partial charge in [-0.05, 0) is 72.7 Å². The molecule has 1 fully saturated rings. The van der Waals surface area contributed by atoms with Gasteiger partial charge >= 0.3 is 0 Å². The van der Waals surface area contributed by atoms with Crippen LogP contribution in [-0.2, 0) is 6.42 Å². The summed E-state index contributed by atoms with van der Waals surface area (Å²) in [6.07, 6.45) is 3.05. The van der Waals surface area contributed by atoms with Crippen LogP contribution in [0.3, 0.4) is 0 Å². The zero-order valence-corrected chi connectivity index (χ0v) is 12.4. The summed E-state index contributed by atoms with van der Waals surface area (Å²) in [5.41, 5.74) is 6.46. The van der Waals surface area contributed by atoms with Gasteiger partial charge in [0.15, 0.2) is 0 Å². The number of benzene rings is 1. The summed E-state index contributed by atoms with van der Waals surface area (Å²) in [4.78, 5) is 0. The molecule has 18 heavy (non-hydrogen) atoms. The molecule has 100 valence electrons. The molecule has 2 rings (SSSR count). The molecule has 1 aliphatic rings. The van der Waals surface area contributed by atoms with Crippen LogP contribution in [-0.4, -0.2) is 12.1 Å². The lowest BCUT2D eigenvalue weighted by Crippen LogP contribution is -2.34. The fourth-order valence-corrected chi connectivity index (χ4v) is 2.47. The van der Waals surface area contributed by atoms with Gasteiger partial charge in [0.05, 0.1) is 11.1 Å². The molecule has 0 radical (unpaired) electrons. The summed E-state index contributed by atoms with van der Waals surface area (Å²) < 4.78 is 20.0. The monoisotopic (exact) mass is 315 g/mol. The van der Waals surface area contributed by atoms with Crippen molar-refractivity contribution in [2.45, 2.75) is 38.6 Å². The van der Waals surface area contributed by atoms with Crippen LogP contribution >= 0.6 is 15.9 Å². The highest BCUT2D eigenvalue weighted by molar-refractivity contribution is 9.10. The van der Waals surface area contributed by atoms with Gasteiger partial charge < -0.3 is 10.5 Å². The third-order valence-electron chi connectivity index (χ3n) is 2.89. The van der Waals surface area contributed by atoms with Gasteiger partial charge in [-0.25, -0.2) is 4.39 Å². The molecule has 0 amide bonds. The minimum atomic E-state index is -0.384. The summed E-state index contributed by atoms with van der Waals surface area (Å²) in [6, 6.07) is 2.96. The number of nitrogens with two attached hydrogens (primary N) is 1. The maximum absolute atomic E-state index is 13.5. The Balaban J connectivity index is 2.22. The smallest absolute Gasteiger partial charge is 0.136 e. The van der Waals surface area contributed by atoms with Crippen molar-refractivity contribution in [3.05, 3.63) is 28.0 Å². The molecule has 0 saturated heterocycles. The van der Waals surface area contributed by atoms with E-state index in [0.717, 1.165) is 11.3 Å². The lowest BCUT2D eigenvalue weighted by atomic mass is 9.95. The summed E-state index contributed by atoms with van der Waals surface area (Å²) in [5, 5.41) is 0. The fourth-order valence-electron chi connectivity index (χ4n) is 1.88. The average Bonchev–Trinajstić information content (AvgIpc) is 2.97. The first kappa shape index (κ1) is 13.8. The molecule has 4 heteroatoms. The first-order valence-electron chi connectivity index (χ1n) is 6.25. The van der Waals surface area contributed by atoms with Crippen molar-refractivity contribution < 1.29 is 9.13 Å².